The number of nitrogen functional groups attached to an aromatic ring is 1. The highest BCUT2D eigenvalue weighted by Crippen LogP contribution is 2.31. The zero-order valence-electron chi connectivity index (χ0n) is 12.7. The maximum Gasteiger partial charge on any atom is 0.221 e. The van der Waals surface area contributed by atoms with Crippen LogP contribution in [-0.2, 0) is 4.79 Å². The van der Waals surface area contributed by atoms with Crippen molar-refractivity contribution in [1.82, 2.24) is 24.8 Å². The van der Waals surface area contributed by atoms with Gasteiger partial charge in [-0.2, -0.15) is 0 Å². The fourth-order valence-corrected chi connectivity index (χ4v) is 3.14. The number of aliphatic hydroxyl groups is 1. The molecule has 1 amide bonds. The first kappa shape index (κ1) is 15.6. The Labute approximate surface area is 133 Å². The van der Waals surface area contributed by atoms with E-state index in [1.54, 1.807) is 6.33 Å². The fraction of sp³-hybridized carbons (Fsp3) is 0.571. The van der Waals surface area contributed by atoms with Crippen LogP contribution in [0.25, 0.3) is 11.2 Å². The molecule has 1 aliphatic carbocycles. The molecule has 0 aromatic carbocycles. The van der Waals surface area contributed by atoms with Crippen molar-refractivity contribution in [2.75, 3.05) is 12.3 Å². The Balaban J connectivity index is 1.84. The third kappa shape index (κ3) is 2.97. The Bertz CT molecular complexity index is 701. The van der Waals surface area contributed by atoms with E-state index < -0.39 is 6.10 Å². The normalized spacial score (nSPS) is 24.7. The number of nitrogens with one attached hydrogen (secondary N) is 1. The van der Waals surface area contributed by atoms with Crippen molar-refractivity contribution in [3.8, 4) is 0 Å². The van der Waals surface area contributed by atoms with E-state index in [4.69, 9.17) is 11.5 Å². The highest BCUT2D eigenvalue weighted by atomic mass is 16.3. The number of rotatable bonds is 4. The van der Waals surface area contributed by atoms with Gasteiger partial charge in [-0.15, -0.1) is 0 Å². The molecule has 0 aliphatic heterocycles. The number of aromatic nitrogens is 4. The Hall–Kier alpha value is -2.26. The fourth-order valence-electron chi connectivity index (χ4n) is 3.14. The molecule has 1 fully saturated rings. The number of nitrogens with two attached hydrogens (primary N) is 2. The van der Waals surface area contributed by atoms with Crippen LogP contribution in [0.2, 0.25) is 0 Å². The van der Waals surface area contributed by atoms with Gasteiger partial charge in [0.2, 0.25) is 5.91 Å². The van der Waals surface area contributed by atoms with E-state index in [1.807, 2.05) is 4.57 Å². The summed E-state index contributed by atoms with van der Waals surface area (Å²) < 4.78 is 1.82. The van der Waals surface area contributed by atoms with Crippen LogP contribution >= 0.6 is 0 Å². The summed E-state index contributed by atoms with van der Waals surface area (Å²) in [6.07, 6.45) is 4.93. The van der Waals surface area contributed by atoms with E-state index in [0.717, 1.165) is 19.3 Å². The summed E-state index contributed by atoms with van der Waals surface area (Å²) in [5, 5.41) is 13.5. The molecule has 9 heteroatoms. The van der Waals surface area contributed by atoms with Crippen molar-refractivity contribution < 1.29 is 9.90 Å². The third-order valence-electron chi connectivity index (χ3n) is 4.28. The highest BCUT2D eigenvalue weighted by Gasteiger charge is 2.34. The predicted molar refractivity (Wildman–Crippen MR) is 84.2 cm³/mol. The van der Waals surface area contributed by atoms with Crippen LogP contribution in [0.15, 0.2) is 12.7 Å². The van der Waals surface area contributed by atoms with Gasteiger partial charge in [-0.1, -0.05) is 0 Å². The molecular formula is C14H21N7O2. The lowest BCUT2D eigenvalue weighted by Crippen LogP contribution is -2.49. The molecule has 0 saturated heterocycles. The Kier molecular flexibility index (Phi) is 4.39. The van der Waals surface area contributed by atoms with Gasteiger partial charge in [0.15, 0.2) is 11.5 Å². The second-order valence-electron chi connectivity index (χ2n) is 5.78. The van der Waals surface area contributed by atoms with Crippen molar-refractivity contribution in [2.45, 2.75) is 43.9 Å². The summed E-state index contributed by atoms with van der Waals surface area (Å²) in [6, 6.07) is -0.518. The molecule has 2 aromatic heterocycles. The van der Waals surface area contributed by atoms with Crippen LogP contribution in [0.5, 0.6) is 0 Å². The number of amides is 1. The monoisotopic (exact) mass is 319 g/mol. The van der Waals surface area contributed by atoms with Crippen molar-refractivity contribution in [3.05, 3.63) is 12.7 Å². The number of fused-ring (bicyclic) bond motifs is 1. The Morgan fingerprint density at radius 2 is 2.22 bits per heavy atom. The smallest absolute Gasteiger partial charge is 0.221 e. The van der Waals surface area contributed by atoms with Crippen LogP contribution in [0.1, 0.15) is 31.7 Å². The molecule has 0 bridgehead atoms. The molecule has 3 rings (SSSR count). The quantitative estimate of drug-likeness (QED) is 0.584. The largest absolute Gasteiger partial charge is 0.389 e. The van der Waals surface area contributed by atoms with Crippen LogP contribution in [0.3, 0.4) is 0 Å². The van der Waals surface area contributed by atoms with E-state index >= 15 is 0 Å². The molecule has 1 aliphatic rings. The van der Waals surface area contributed by atoms with Crippen LogP contribution < -0.4 is 16.8 Å². The average molecular weight is 319 g/mol. The molecule has 6 N–H and O–H groups in total. The SMILES string of the molecule is NCCC(=O)N[C@H]1CCC[C@H](n2cnc3c(N)ncnc32)[C@H]1O. The molecule has 23 heavy (non-hydrogen) atoms. The van der Waals surface area contributed by atoms with Gasteiger partial charge >= 0.3 is 0 Å². The van der Waals surface area contributed by atoms with Crippen molar-refractivity contribution in [1.29, 1.82) is 0 Å². The molecule has 0 spiro atoms. The zero-order valence-corrected chi connectivity index (χ0v) is 12.7. The van der Waals surface area contributed by atoms with Gasteiger partial charge in [0.1, 0.15) is 11.8 Å². The molecule has 2 heterocycles. The molecule has 2 aromatic rings. The third-order valence-corrected chi connectivity index (χ3v) is 4.28. The van der Waals surface area contributed by atoms with Gasteiger partial charge in [-0.05, 0) is 19.3 Å². The Morgan fingerprint density at radius 3 is 3.00 bits per heavy atom. The minimum absolute atomic E-state index is 0.140. The topological polar surface area (TPSA) is 145 Å². The van der Waals surface area contributed by atoms with E-state index in [1.165, 1.54) is 6.33 Å². The lowest BCUT2D eigenvalue weighted by molar-refractivity contribution is -0.123. The van der Waals surface area contributed by atoms with E-state index in [0.29, 0.717) is 23.5 Å². The number of imidazole rings is 1. The maximum atomic E-state index is 11.7. The van der Waals surface area contributed by atoms with Gasteiger partial charge in [0.25, 0.3) is 0 Å². The summed E-state index contributed by atoms with van der Waals surface area (Å²) in [5.41, 5.74) is 12.3. The summed E-state index contributed by atoms with van der Waals surface area (Å²) in [4.78, 5) is 24.1. The lowest BCUT2D eigenvalue weighted by Gasteiger charge is -2.35. The number of aliphatic hydroxyl groups excluding tert-OH is 1. The van der Waals surface area contributed by atoms with E-state index in [-0.39, 0.29) is 24.4 Å². The van der Waals surface area contributed by atoms with E-state index in [2.05, 4.69) is 20.3 Å². The second kappa shape index (κ2) is 6.47. The van der Waals surface area contributed by atoms with Gasteiger partial charge in [-0.25, -0.2) is 15.0 Å². The van der Waals surface area contributed by atoms with Crippen molar-refractivity contribution >= 4 is 22.9 Å². The first-order valence-electron chi connectivity index (χ1n) is 7.72. The molecule has 0 radical (unpaired) electrons. The van der Waals surface area contributed by atoms with Gasteiger partial charge in [0, 0.05) is 13.0 Å². The van der Waals surface area contributed by atoms with Gasteiger partial charge in [0.05, 0.1) is 24.5 Å². The number of anilines is 1. The van der Waals surface area contributed by atoms with Gasteiger partial charge < -0.3 is 26.5 Å². The first-order valence-corrected chi connectivity index (χ1v) is 7.72. The molecule has 1 saturated carbocycles. The molecule has 0 unspecified atom stereocenters. The van der Waals surface area contributed by atoms with E-state index in [9.17, 15) is 9.90 Å². The molecule has 3 atom stereocenters. The van der Waals surface area contributed by atoms with Crippen LogP contribution in [0, 0.1) is 0 Å². The molecule has 9 nitrogen and oxygen atoms in total. The highest BCUT2D eigenvalue weighted by molar-refractivity contribution is 5.81. The number of carbonyl (C=O) groups is 1. The van der Waals surface area contributed by atoms with Crippen molar-refractivity contribution in [3.63, 3.8) is 0 Å². The molecule has 124 valence electrons. The first-order chi connectivity index (χ1) is 11.1. The average Bonchev–Trinajstić information content (AvgIpc) is 2.95. The summed E-state index contributed by atoms with van der Waals surface area (Å²) in [6.45, 7) is 0.292. The van der Waals surface area contributed by atoms with Crippen LogP contribution in [-0.4, -0.2) is 49.2 Å². The maximum absolute atomic E-state index is 11.7. The lowest BCUT2D eigenvalue weighted by atomic mass is 9.87. The number of hydrogen-bond donors (Lipinski definition) is 4. The minimum atomic E-state index is -0.723. The zero-order chi connectivity index (χ0) is 16.4. The number of nitrogens with zero attached hydrogens (tertiary/aromatic N) is 4. The Morgan fingerprint density at radius 1 is 1.39 bits per heavy atom. The summed E-state index contributed by atoms with van der Waals surface area (Å²) in [7, 11) is 0. The second-order valence-corrected chi connectivity index (χ2v) is 5.78. The van der Waals surface area contributed by atoms with Crippen LogP contribution in [0.4, 0.5) is 5.82 Å². The van der Waals surface area contributed by atoms with Gasteiger partial charge in [-0.3, -0.25) is 4.79 Å². The minimum Gasteiger partial charge on any atom is -0.389 e. The predicted octanol–water partition coefficient (Wildman–Crippen LogP) is -0.672. The standard InChI is InChI=1S/C14H21N7O2/c15-5-4-10(22)20-8-2-1-3-9(12(8)23)21-7-19-11-13(16)17-6-18-14(11)21/h6-9,12,23H,1-5,15H2,(H,20,22)(H2,16,17,18)/t8-,9-,12-/m0/s1. The molecular weight excluding hydrogens is 298 g/mol. The number of carbonyl (C=O) groups excluding carboxylic acids is 1. The summed E-state index contributed by atoms with van der Waals surface area (Å²) >= 11 is 0. The summed E-state index contributed by atoms with van der Waals surface area (Å²) in [5.74, 6) is 0.172. The number of hydrogen-bond acceptors (Lipinski definition) is 7. The van der Waals surface area contributed by atoms with Crippen molar-refractivity contribution in [2.24, 2.45) is 5.73 Å².